The number of allylic oxidation sites excluding steroid dienone is 2. The Morgan fingerprint density at radius 1 is 1.37 bits per heavy atom. The Morgan fingerprint density at radius 3 is 2.78 bits per heavy atom. The summed E-state index contributed by atoms with van der Waals surface area (Å²) in [5.74, 6) is 0.370. The number of para-hydroxylation sites is 1. The minimum Gasteiger partial charge on any atom is -0.468 e. The Balaban J connectivity index is 2.02. The minimum absolute atomic E-state index is 0.270. The second-order valence-corrected chi connectivity index (χ2v) is 6.92. The third-order valence-corrected chi connectivity index (χ3v) is 5.11. The van der Waals surface area contributed by atoms with Gasteiger partial charge in [0.15, 0.2) is 0 Å². The number of thioether (sulfide) groups is 1. The van der Waals surface area contributed by atoms with Crippen LogP contribution in [-0.4, -0.2) is 11.7 Å². The molecule has 1 aliphatic rings. The van der Waals surface area contributed by atoms with Gasteiger partial charge in [-0.05, 0) is 31.2 Å². The van der Waals surface area contributed by atoms with Crippen molar-refractivity contribution < 1.29 is 9.21 Å². The van der Waals surface area contributed by atoms with Crippen molar-refractivity contribution in [3.05, 3.63) is 89.0 Å². The van der Waals surface area contributed by atoms with Crippen LogP contribution in [0.25, 0.3) is 0 Å². The highest BCUT2D eigenvalue weighted by Gasteiger charge is 2.36. The summed E-state index contributed by atoms with van der Waals surface area (Å²) in [6.07, 6.45) is 3.32. The van der Waals surface area contributed by atoms with E-state index in [4.69, 9.17) is 4.42 Å². The summed E-state index contributed by atoms with van der Waals surface area (Å²) in [6.45, 7) is 5.56. The van der Waals surface area contributed by atoms with Crippen molar-refractivity contribution in [1.29, 1.82) is 5.26 Å². The van der Waals surface area contributed by atoms with Gasteiger partial charge in [0.2, 0.25) is 0 Å². The summed E-state index contributed by atoms with van der Waals surface area (Å²) in [4.78, 5) is 13.1. The third kappa shape index (κ3) is 3.99. The normalized spacial score (nSPS) is 16.5. The molecular weight excluding hydrogens is 358 g/mol. The first-order valence-electron chi connectivity index (χ1n) is 8.41. The molecule has 6 heteroatoms. The number of benzene rings is 1. The van der Waals surface area contributed by atoms with Crippen LogP contribution in [0.3, 0.4) is 0 Å². The van der Waals surface area contributed by atoms with Crippen LogP contribution in [0.15, 0.2) is 87.7 Å². The van der Waals surface area contributed by atoms with E-state index in [1.54, 1.807) is 24.5 Å². The van der Waals surface area contributed by atoms with E-state index in [0.717, 1.165) is 0 Å². The summed E-state index contributed by atoms with van der Waals surface area (Å²) in [5, 5.41) is 16.7. The van der Waals surface area contributed by atoms with Crippen molar-refractivity contribution in [2.75, 3.05) is 11.1 Å². The van der Waals surface area contributed by atoms with Crippen molar-refractivity contribution in [2.24, 2.45) is 0 Å². The molecule has 1 aromatic carbocycles. The summed E-state index contributed by atoms with van der Waals surface area (Å²) in [5.41, 5.74) is 2.31. The minimum atomic E-state index is -0.567. The molecule has 1 aromatic heterocycles. The predicted molar refractivity (Wildman–Crippen MR) is 108 cm³/mol. The second-order valence-electron chi connectivity index (χ2n) is 5.89. The van der Waals surface area contributed by atoms with Crippen LogP contribution in [0.5, 0.6) is 0 Å². The number of carbonyl (C=O) groups is 1. The molecule has 136 valence electrons. The van der Waals surface area contributed by atoms with Crippen LogP contribution in [0, 0.1) is 11.3 Å². The SMILES string of the molecule is C=CCSC1=C(C#N)[C@H](c2ccco2)C(C(=O)Nc2ccccc2)=C(C)N1. The van der Waals surface area contributed by atoms with Crippen molar-refractivity contribution in [2.45, 2.75) is 12.8 Å². The van der Waals surface area contributed by atoms with Crippen LogP contribution in [0.1, 0.15) is 18.6 Å². The van der Waals surface area contributed by atoms with E-state index in [2.05, 4.69) is 23.3 Å². The van der Waals surface area contributed by atoms with Gasteiger partial charge in [0.25, 0.3) is 5.91 Å². The van der Waals surface area contributed by atoms with E-state index < -0.39 is 5.92 Å². The Kier molecular flexibility index (Phi) is 5.84. The molecule has 27 heavy (non-hydrogen) atoms. The first-order chi connectivity index (χ1) is 13.2. The molecule has 2 N–H and O–H groups in total. The molecule has 0 radical (unpaired) electrons. The summed E-state index contributed by atoms with van der Waals surface area (Å²) in [7, 11) is 0. The van der Waals surface area contributed by atoms with Gasteiger partial charge in [0, 0.05) is 17.1 Å². The molecule has 2 heterocycles. The number of carbonyl (C=O) groups excluding carboxylic acids is 1. The van der Waals surface area contributed by atoms with Crippen LogP contribution in [0.2, 0.25) is 0 Å². The number of hydrogen-bond acceptors (Lipinski definition) is 5. The summed E-state index contributed by atoms with van der Waals surface area (Å²) < 4.78 is 5.58. The predicted octanol–water partition coefficient (Wildman–Crippen LogP) is 4.53. The van der Waals surface area contributed by atoms with E-state index in [0.29, 0.717) is 39.1 Å². The first-order valence-corrected chi connectivity index (χ1v) is 9.39. The maximum Gasteiger partial charge on any atom is 0.254 e. The van der Waals surface area contributed by atoms with Gasteiger partial charge in [-0.15, -0.1) is 18.3 Å². The quantitative estimate of drug-likeness (QED) is 0.723. The standard InChI is InChI=1S/C21H19N3O2S/c1-3-12-27-21-16(13-22)19(17-10-7-11-26-17)18(14(2)23-21)20(25)24-15-8-5-4-6-9-15/h3-11,19,23H,1,12H2,2H3,(H,24,25)/t19-/m1/s1. The smallest absolute Gasteiger partial charge is 0.254 e. The third-order valence-electron chi connectivity index (χ3n) is 4.10. The Morgan fingerprint density at radius 2 is 2.15 bits per heavy atom. The lowest BCUT2D eigenvalue weighted by Gasteiger charge is -2.28. The molecule has 0 saturated heterocycles. The lowest BCUT2D eigenvalue weighted by Crippen LogP contribution is -2.30. The maximum absolute atomic E-state index is 13.1. The van der Waals surface area contributed by atoms with Crippen molar-refractivity contribution in [3.8, 4) is 6.07 Å². The Labute approximate surface area is 162 Å². The number of rotatable bonds is 6. The number of dihydropyridines is 1. The first kappa shape index (κ1) is 18.6. The molecule has 0 bridgehead atoms. The molecule has 3 rings (SSSR count). The number of furan rings is 1. The zero-order chi connectivity index (χ0) is 19.2. The summed E-state index contributed by atoms with van der Waals surface area (Å²) in [6, 6.07) is 15.0. The van der Waals surface area contributed by atoms with Crippen molar-refractivity contribution in [3.63, 3.8) is 0 Å². The lowest BCUT2D eigenvalue weighted by molar-refractivity contribution is -0.113. The van der Waals surface area contributed by atoms with E-state index >= 15 is 0 Å². The van der Waals surface area contributed by atoms with Gasteiger partial charge in [-0.2, -0.15) is 5.26 Å². The largest absolute Gasteiger partial charge is 0.468 e. The van der Waals surface area contributed by atoms with Crippen LogP contribution < -0.4 is 10.6 Å². The number of nitriles is 1. The van der Waals surface area contributed by atoms with Crippen LogP contribution >= 0.6 is 11.8 Å². The monoisotopic (exact) mass is 377 g/mol. The molecule has 0 aliphatic carbocycles. The van der Waals surface area contributed by atoms with Gasteiger partial charge in [-0.3, -0.25) is 4.79 Å². The van der Waals surface area contributed by atoms with Crippen molar-refractivity contribution >= 4 is 23.4 Å². The van der Waals surface area contributed by atoms with E-state index in [-0.39, 0.29) is 5.91 Å². The lowest BCUT2D eigenvalue weighted by atomic mass is 9.85. The zero-order valence-electron chi connectivity index (χ0n) is 14.9. The Hall–Kier alpha value is -3.17. The van der Waals surface area contributed by atoms with Crippen LogP contribution in [0.4, 0.5) is 5.69 Å². The maximum atomic E-state index is 13.1. The zero-order valence-corrected chi connectivity index (χ0v) is 15.7. The highest BCUT2D eigenvalue weighted by Crippen LogP contribution is 2.41. The number of amides is 1. The molecule has 2 aromatic rings. The molecule has 1 aliphatic heterocycles. The fourth-order valence-electron chi connectivity index (χ4n) is 2.93. The van der Waals surface area contributed by atoms with Crippen molar-refractivity contribution in [1.82, 2.24) is 5.32 Å². The second kappa shape index (κ2) is 8.47. The van der Waals surface area contributed by atoms with E-state index in [1.165, 1.54) is 11.8 Å². The van der Waals surface area contributed by atoms with E-state index in [1.807, 2.05) is 37.3 Å². The molecular formula is C21H19N3O2S. The summed E-state index contributed by atoms with van der Waals surface area (Å²) >= 11 is 1.47. The van der Waals surface area contributed by atoms with Crippen LogP contribution in [-0.2, 0) is 4.79 Å². The molecule has 0 unspecified atom stereocenters. The van der Waals surface area contributed by atoms with Gasteiger partial charge >= 0.3 is 0 Å². The molecule has 1 atom stereocenters. The fourth-order valence-corrected chi connectivity index (χ4v) is 3.76. The van der Waals surface area contributed by atoms with Gasteiger partial charge in [-0.25, -0.2) is 0 Å². The van der Waals surface area contributed by atoms with Gasteiger partial charge in [-0.1, -0.05) is 24.3 Å². The number of anilines is 1. The molecule has 0 spiro atoms. The Bertz CT molecular complexity index is 938. The topological polar surface area (TPSA) is 78.1 Å². The highest BCUT2D eigenvalue weighted by atomic mass is 32.2. The van der Waals surface area contributed by atoms with Gasteiger partial charge in [0.1, 0.15) is 5.76 Å². The molecule has 1 amide bonds. The van der Waals surface area contributed by atoms with Gasteiger partial charge in [0.05, 0.1) is 34.4 Å². The average Bonchev–Trinajstić information content (AvgIpc) is 3.20. The average molecular weight is 377 g/mol. The fraction of sp³-hybridized carbons (Fsp3) is 0.143. The number of hydrogen-bond donors (Lipinski definition) is 2. The number of nitrogens with one attached hydrogen (secondary N) is 2. The van der Waals surface area contributed by atoms with E-state index in [9.17, 15) is 10.1 Å². The molecule has 0 fully saturated rings. The molecule has 5 nitrogen and oxygen atoms in total. The van der Waals surface area contributed by atoms with Gasteiger partial charge < -0.3 is 15.1 Å². The molecule has 0 saturated carbocycles. The highest BCUT2D eigenvalue weighted by molar-refractivity contribution is 8.03. The number of nitrogens with zero attached hydrogens (tertiary/aromatic N) is 1.